The van der Waals surface area contributed by atoms with Crippen molar-refractivity contribution < 1.29 is 13.9 Å². The largest absolute Gasteiger partial charge is 0.498 e. The number of rotatable bonds is 8. The van der Waals surface area contributed by atoms with Crippen LogP contribution in [0.5, 0.6) is 0 Å². The van der Waals surface area contributed by atoms with Gasteiger partial charge >= 0.3 is 0 Å². The number of ketones is 1. The molecule has 0 heterocycles. The summed E-state index contributed by atoms with van der Waals surface area (Å²) in [6.07, 6.45) is 5.57. The maximum absolute atomic E-state index is 13.3. The molecule has 1 saturated carbocycles. The van der Waals surface area contributed by atoms with Crippen LogP contribution in [0.25, 0.3) is 0 Å². The summed E-state index contributed by atoms with van der Waals surface area (Å²) in [7, 11) is 3.17. The van der Waals surface area contributed by atoms with Gasteiger partial charge < -0.3 is 10.1 Å². The molecule has 1 rings (SSSR count). The van der Waals surface area contributed by atoms with Gasteiger partial charge in [0.05, 0.1) is 7.11 Å². The van der Waals surface area contributed by atoms with Gasteiger partial charge in [-0.15, -0.1) is 0 Å². The van der Waals surface area contributed by atoms with Crippen LogP contribution in [0.4, 0.5) is 4.39 Å². The molecule has 4 heteroatoms. The molecule has 1 aliphatic rings. The van der Waals surface area contributed by atoms with Crippen LogP contribution in [-0.2, 0) is 9.53 Å². The van der Waals surface area contributed by atoms with E-state index in [0.717, 1.165) is 18.9 Å². The lowest BCUT2D eigenvalue weighted by atomic mass is 10.0. The van der Waals surface area contributed by atoms with Crippen molar-refractivity contribution in [1.82, 2.24) is 5.32 Å². The van der Waals surface area contributed by atoms with Crippen LogP contribution in [0.15, 0.2) is 36.0 Å². The van der Waals surface area contributed by atoms with Gasteiger partial charge in [0.25, 0.3) is 0 Å². The normalized spacial score (nSPS) is 16.9. The van der Waals surface area contributed by atoms with Crippen LogP contribution in [0.3, 0.4) is 0 Å². The third-order valence-electron chi connectivity index (χ3n) is 2.90. The zero-order valence-corrected chi connectivity index (χ0v) is 11.0. The molecular formula is C14H20FNO2. The Hall–Kier alpha value is -1.58. The number of allylic oxidation sites excluding steroid dienone is 4. The van der Waals surface area contributed by atoms with Crippen LogP contribution in [-0.4, -0.2) is 19.9 Å². The summed E-state index contributed by atoms with van der Waals surface area (Å²) in [5, 5.41) is 2.86. The van der Waals surface area contributed by atoms with Gasteiger partial charge in [-0.3, -0.25) is 4.79 Å². The van der Waals surface area contributed by atoms with Gasteiger partial charge in [-0.1, -0.05) is 6.58 Å². The van der Waals surface area contributed by atoms with Gasteiger partial charge in [-0.25, -0.2) is 4.39 Å². The summed E-state index contributed by atoms with van der Waals surface area (Å²) in [5.41, 5.74) is 0.700. The first kappa shape index (κ1) is 14.5. The Labute approximate surface area is 107 Å². The Morgan fingerprint density at radius 3 is 2.61 bits per heavy atom. The Kier molecular flexibility index (Phi) is 5.62. The first-order valence-corrected chi connectivity index (χ1v) is 6.09. The molecule has 18 heavy (non-hydrogen) atoms. The van der Waals surface area contributed by atoms with Gasteiger partial charge in [0.2, 0.25) is 0 Å². The lowest BCUT2D eigenvalue weighted by Crippen LogP contribution is -2.09. The molecule has 0 aromatic rings. The molecule has 3 nitrogen and oxygen atoms in total. The van der Waals surface area contributed by atoms with Gasteiger partial charge in [0.15, 0.2) is 11.6 Å². The second kappa shape index (κ2) is 6.99. The monoisotopic (exact) mass is 253 g/mol. The van der Waals surface area contributed by atoms with E-state index in [1.54, 1.807) is 13.2 Å². The second-order valence-corrected chi connectivity index (χ2v) is 4.28. The van der Waals surface area contributed by atoms with Crippen molar-refractivity contribution in [2.45, 2.75) is 25.7 Å². The molecule has 0 aromatic carbocycles. The highest BCUT2D eigenvalue weighted by molar-refractivity contribution is 5.98. The third kappa shape index (κ3) is 4.02. The number of halogens is 1. The fraction of sp³-hybridized carbons (Fsp3) is 0.500. The molecule has 0 aliphatic heterocycles. The summed E-state index contributed by atoms with van der Waals surface area (Å²) in [4.78, 5) is 12.0. The molecule has 0 spiro atoms. The van der Waals surface area contributed by atoms with Crippen LogP contribution in [0, 0.1) is 5.92 Å². The molecule has 1 aliphatic carbocycles. The number of methoxy groups -OCH3 is 1. The maximum atomic E-state index is 13.3. The molecule has 1 N–H and O–H groups in total. The summed E-state index contributed by atoms with van der Waals surface area (Å²) in [5.74, 6) is 0.0958. The maximum Gasteiger partial charge on any atom is 0.163 e. The van der Waals surface area contributed by atoms with E-state index in [1.165, 1.54) is 7.11 Å². The van der Waals surface area contributed by atoms with Gasteiger partial charge in [0.1, 0.15) is 5.76 Å². The van der Waals surface area contributed by atoms with Crippen LogP contribution >= 0.6 is 0 Å². The minimum atomic E-state index is -0.472. The summed E-state index contributed by atoms with van der Waals surface area (Å²) in [6.45, 7) is 3.36. The first-order valence-electron chi connectivity index (χ1n) is 6.09. The number of Topliss-reactive ketones (excluding diaryl/α,β-unsaturated/α-hetero) is 1. The number of nitrogens with one attached hydrogen (secondary N) is 1. The number of carbonyl (C=O) groups excluding carboxylic acids is 1. The predicted octanol–water partition coefficient (Wildman–Crippen LogP) is 2.86. The average molecular weight is 253 g/mol. The Morgan fingerprint density at radius 1 is 1.50 bits per heavy atom. The van der Waals surface area contributed by atoms with Gasteiger partial charge in [-0.2, -0.15) is 0 Å². The van der Waals surface area contributed by atoms with Gasteiger partial charge in [0, 0.05) is 31.2 Å². The first-order chi connectivity index (χ1) is 8.63. The molecule has 0 bridgehead atoms. The number of hydrogen-bond donors (Lipinski definition) is 1. The third-order valence-corrected chi connectivity index (χ3v) is 2.90. The quantitative estimate of drug-likeness (QED) is 0.410. The summed E-state index contributed by atoms with van der Waals surface area (Å²) >= 11 is 0. The minimum absolute atomic E-state index is 0.166. The lowest BCUT2D eigenvalue weighted by Gasteiger charge is -2.09. The lowest BCUT2D eigenvalue weighted by molar-refractivity contribution is -0.116. The molecule has 0 radical (unpaired) electrons. The van der Waals surface area contributed by atoms with Crippen molar-refractivity contribution in [2.75, 3.05) is 14.2 Å². The van der Waals surface area contributed by atoms with Gasteiger partial charge in [-0.05, 0) is 25.3 Å². The molecule has 0 amide bonds. The molecule has 0 aromatic heterocycles. The van der Waals surface area contributed by atoms with E-state index in [-0.39, 0.29) is 17.5 Å². The van der Waals surface area contributed by atoms with Crippen LogP contribution < -0.4 is 5.32 Å². The van der Waals surface area contributed by atoms with E-state index < -0.39 is 5.83 Å². The Balaban J connectivity index is 2.65. The molecular weight excluding hydrogens is 233 g/mol. The van der Waals surface area contributed by atoms with Crippen molar-refractivity contribution in [2.24, 2.45) is 5.92 Å². The minimum Gasteiger partial charge on any atom is -0.498 e. The highest BCUT2D eigenvalue weighted by Gasteiger charge is 2.31. The van der Waals surface area contributed by atoms with E-state index in [2.05, 4.69) is 11.9 Å². The SMILES string of the molecule is C=C/C(F)=C(/CC/C(=C\NC)C(=O)C1CC1)OC. The topological polar surface area (TPSA) is 38.3 Å². The van der Waals surface area contributed by atoms with Crippen molar-refractivity contribution in [3.05, 3.63) is 36.0 Å². The Morgan fingerprint density at radius 2 is 2.17 bits per heavy atom. The van der Waals surface area contributed by atoms with Crippen molar-refractivity contribution in [3.8, 4) is 0 Å². The van der Waals surface area contributed by atoms with E-state index in [9.17, 15) is 9.18 Å². The van der Waals surface area contributed by atoms with Crippen molar-refractivity contribution in [3.63, 3.8) is 0 Å². The van der Waals surface area contributed by atoms with Crippen molar-refractivity contribution in [1.29, 1.82) is 0 Å². The molecule has 0 atom stereocenters. The fourth-order valence-electron chi connectivity index (χ4n) is 1.73. The molecule has 1 fully saturated rings. The number of ether oxygens (including phenoxy) is 1. The Bertz CT molecular complexity index is 381. The van der Waals surface area contributed by atoms with E-state index in [0.29, 0.717) is 18.4 Å². The van der Waals surface area contributed by atoms with Crippen molar-refractivity contribution >= 4 is 5.78 Å². The zero-order chi connectivity index (χ0) is 13.5. The molecule has 100 valence electrons. The highest BCUT2D eigenvalue weighted by atomic mass is 19.1. The molecule has 0 saturated heterocycles. The number of carbonyl (C=O) groups is 1. The fourth-order valence-corrected chi connectivity index (χ4v) is 1.73. The summed E-state index contributed by atoms with van der Waals surface area (Å²) < 4.78 is 18.3. The highest BCUT2D eigenvalue weighted by Crippen LogP contribution is 2.33. The number of hydrogen-bond acceptors (Lipinski definition) is 3. The van der Waals surface area contributed by atoms with Crippen LogP contribution in [0.2, 0.25) is 0 Å². The standard InChI is InChI=1S/C14H20FNO2/c1-4-12(15)13(18-3)8-7-11(9-16-2)14(17)10-5-6-10/h4,9-10,16H,1,5-8H2,2-3H3/b11-9+,13-12+. The van der Waals surface area contributed by atoms with E-state index >= 15 is 0 Å². The zero-order valence-electron chi connectivity index (χ0n) is 11.0. The average Bonchev–Trinajstić information content (AvgIpc) is 3.21. The smallest absolute Gasteiger partial charge is 0.163 e. The molecule has 0 unspecified atom stereocenters. The van der Waals surface area contributed by atoms with E-state index in [1.807, 2.05) is 0 Å². The predicted molar refractivity (Wildman–Crippen MR) is 69.4 cm³/mol. The summed E-state index contributed by atoms with van der Waals surface area (Å²) in [6, 6.07) is 0. The van der Waals surface area contributed by atoms with Crippen LogP contribution in [0.1, 0.15) is 25.7 Å². The second-order valence-electron chi connectivity index (χ2n) is 4.28. The van der Waals surface area contributed by atoms with E-state index in [4.69, 9.17) is 4.74 Å².